The molecule has 1 aromatic heterocycles. The number of nitrogens with one attached hydrogen (secondary N) is 1. The summed E-state index contributed by atoms with van der Waals surface area (Å²) in [6.07, 6.45) is 1.58. The highest BCUT2D eigenvalue weighted by Crippen LogP contribution is 2.11. The Kier molecular flexibility index (Phi) is 6.27. The minimum atomic E-state index is -0.767. The maximum atomic E-state index is 11.6. The third-order valence-corrected chi connectivity index (χ3v) is 3.35. The Balaban J connectivity index is 2.09. The number of hydrogen-bond donors (Lipinski definition) is 1. The molecule has 1 fully saturated rings. The van der Waals surface area contributed by atoms with E-state index in [1.165, 1.54) is 0 Å². The van der Waals surface area contributed by atoms with Gasteiger partial charge in [-0.15, -0.1) is 0 Å². The molecule has 10 nitrogen and oxygen atoms in total. The lowest BCUT2D eigenvalue weighted by Crippen LogP contribution is -2.57. The van der Waals surface area contributed by atoms with Crippen LogP contribution in [0.15, 0.2) is 23.4 Å². The third-order valence-electron chi connectivity index (χ3n) is 3.13. The van der Waals surface area contributed by atoms with E-state index in [0.29, 0.717) is 18.3 Å². The number of hydrazone groups is 1. The van der Waals surface area contributed by atoms with Crippen LogP contribution in [0.3, 0.4) is 0 Å². The number of aromatic nitrogens is 1. The van der Waals surface area contributed by atoms with Crippen LogP contribution < -0.4 is 5.32 Å². The maximum absolute atomic E-state index is 11.6. The first-order valence-electron chi connectivity index (χ1n) is 7.18. The molecule has 130 valence electrons. The predicted molar refractivity (Wildman–Crippen MR) is 85.4 cm³/mol. The lowest BCUT2D eigenvalue weighted by atomic mass is 10.2. The fraction of sp³-hybridized carbons (Fsp3) is 0.462. The number of nitrogens with zero attached hydrogens (tertiary/aromatic N) is 5. The van der Waals surface area contributed by atoms with E-state index >= 15 is 0 Å². The number of nitro groups is 1. The Morgan fingerprint density at radius 1 is 1.58 bits per heavy atom. The Hall–Kier alpha value is -2.46. The monoisotopic (exact) mass is 356 g/mol. The summed E-state index contributed by atoms with van der Waals surface area (Å²) < 4.78 is 4.91. The number of rotatable bonds is 6. The molecule has 24 heavy (non-hydrogen) atoms. The fourth-order valence-corrected chi connectivity index (χ4v) is 2.28. The van der Waals surface area contributed by atoms with Crippen LogP contribution in [0.1, 0.15) is 12.5 Å². The van der Waals surface area contributed by atoms with Crippen LogP contribution in [0.4, 0.5) is 0 Å². The van der Waals surface area contributed by atoms with Crippen LogP contribution >= 0.6 is 11.6 Å². The molecule has 1 aliphatic rings. The van der Waals surface area contributed by atoms with Crippen LogP contribution in [-0.2, 0) is 16.1 Å². The number of esters is 1. The number of carbonyl (C=O) groups is 1. The Morgan fingerprint density at radius 2 is 2.38 bits per heavy atom. The van der Waals surface area contributed by atoms with E-state index < -0.39 is 5.03 Å². The number of pyridine rings is 1. The normalized spacial score (nSPS) is 16.8. The largest absolute Gasteiger partial charge is 0.465 e. The molecule has 0 atom stereocenters. The number of ether oxygens (including phenoxy) is 1. The summed E-state index contributed by atoms with van der Waals surface area (Å²) in [5, 5.41) is 16.5. The standard InChI is InChI=1S/C13H17ClN6O4/c1-2-24-12(21)7-18-8-16-13(17-20(22)23)19(9-18)6-10-3-4-11(14)15-5-10/h3-5H,2,6-9H2,1H3,(H,16,17). The van der Waals surface area contributed by atoms with Crippen molar-refractivity contribution >= 4 is 23.5 Å². The van der Waals surface area contributed by atoms with Crippen molar-refractivity contribution < 1.29 is 14.6 Å². The first-order chi connectivity index (χ1) is 11.5. The van der Waals surface area contributed by atoms with E-state index in [1.54, 1.807) is 35.1 Å². The van der Waals surface area contributed by atoms with Crippen LogP contribution in [0.25, 0.3) is 0 Å². The van der Waals surface area contributed by atoms with Gasteiger partial charge in [0.05, 0.1) is 26.5 Å². The van der Waals surface area contributed by atoms with Gasteiger partial charge < -0.3 is 15.0 Å². The van der Waals surface area contributed by atoms with Gasteiger partial charge in [-0.05, 0) is 18.6 Å². The second-order valence-electron chi connectivity index (χ2n) is 4.96. The van der Waals surface area contributed by atoms with Crippen LogP contribution in [0.5, 0.6) is 0 Å². The second-order valence-corrected chi connectivity index (χ2v) is 5.35. The lowest BCUT2D eigenvalue weighted by Gasteiger charge is -2.36. The summed E-state index contributed by atoms with van der Waals surface area (Å²) in [6, 6.07) is 3.40. The van der Waals surface area contributed by atoms with E-state index in [2.05, 4.69) is 15.4 Å². The molecule has 1 aliphatic heterocycles. The zero-order chi connectivity index (χ0) is 17.5. The minimum Gasteiger partial charge on any atom is -0.465 e. The summed E-state index contributed by atoms with van der Waals surface area (Å²) in [5.74, 6) is -0.239. The summed E-state index contributed by atoms with van der Waals surface area (Å²) in [5.41, 5.74) is 0.801. The smallest absolute Gasteiger partial charge is 0.320 e. The Morgan fingerprint density at radius 3 is 3.00 bits per heavy atom. The van der Waals surface area contributed by atoms with Gasteiger partial charge in [0.2, 0.25) is 0 Å². The quantitative estimate of drug-likeness (QED) is 0.338. The summed E-state index contributed by atoms with van der Waals surface area (Å²) in [7, 11) is 0. The van der Waals surface area contributed by atoms with Crippen LogP contribution in [0, 0.1) is 10.1 Å². The van der Waals surface area contributed by atoms with Gasteiger partial charge in [0.1, 0.15) is 10.3 Å². The number of halogens is 1. The van der Waals surface area contributed by atoms with Crippen molar-refractivity contribution in [3.63, 3.8) is 0 Å². The molecule has 0 unspecified atom stereocenters. The van der Waals surface area contributed by atoms with Crippen molar-refractivity contribution in [2.75, 3.05) is 26.5 Å². The molecule has 0 aromatic carbocycles. The number of carbonyl (C=O) groups excluding carboxylic acids is 1. The van der Waals surface area contributed by atoms with Crippen molar-refractivity contribution in [1.82, 2.24) is 20.1 Å². The molecule has 11 heteroatoms. The zero-order valence-electron chi connectivity index (χ0n) is 13.0. The Labute approximate surface area is 143 Å². The van der Waals surface area contributed by atoms with Gasteiger partial charge in [0.25, 0.3) is 5.96 Å². The topological polar surface area (TPSA) is 113 Å². The molecule has 2 heterocycles. The summed E-state index contributed by atoms with van der Waals surface area (Å²) >= 11 is 5.75. The molecule has 0 spiro atoms. The van der Waals surface area contributed by atoms with Gasteiger partial charge in [0.15, 0.2) is 5.03 Å². The third kappa shape index (κ3) is 5.32. The molecule has 0 amide bonds. The molecule has 0 bridgehead atoms. The number of hydrogen-bond acceptors (Lipinski definition) is 6. The predicted octanol–water partition coefficient (Wildman–Crippen LogP) is 0.468. The van der Waals surface area contributed by atoms with E-state index in [9.17, 15) is 14.9 Å². The molecule has 1 aromatic rings. The van der Waals surface area contributed by atoms with Gasteiger partial charge in [-0.3, -0.25) is 9.69 Å². The molecule has 0 saturated carbocycles. The van der Waals surface area contributed by atoms with Crippen molar-refractivity contribution in [3.8, 4) is 0 Å². The average molecular weight is 357 g/mol. The second kappa shape index (κ2) is 8.41. The highest BCUT2D eigenvalue weighted by molar-refractivity contribution is 6.29. The van der Waals surface area contributed by atoms with Gasteiger partial charge in [-0.25, -0.2) is 15.1 Å². The van der Waals surface area contributed by atoms with Gasteiger partial charge in [0, 0.05) is 12.7 Å². The maximum Gasteiger partial charge on any atom is 0.320 e. The SMILES string of the molecule is CCOC(=O)CN1CN/C(=N\[N+](=O)[O-])N(Cc2ccc(Cl)nc2)C1. The molecule has 2 rings (SSSR count). The minimum absolute atomic E-state index is 0.0714. The van der Waals surface area contributed by atoms with Crippen molar-refractivity contribution in [1.29, 1.82) is 0 Å². The lowest BCUT2D eigenvalue weighted by molar-refractivity contribution is -0.486. The van der Waals surface area contributed by atoms with E-state index in [0.717, 1.165) is 5.56 Å². The van der Waals surface area contributed by atoms with Crippen molar-refractivity contribution in [2.45, 2.75) is 13.5 Å². The Bertz CT molecular complexity index is 623. The van der Waals surface area contributed by atoms with E-state index in [-0.39, 0.29) is 31.8 Å². The molecule has 0 aliphatic carbocycles. The van der Waals surface area contributed by atoms with E-state index in [4.69, 9.17) is 16.3 Å². The highest BCUT2D eigenvalue weighted by atomic mass is 35.5. The van der Waals surface area contributed by atoms with Gasteiger partial charge in [-0.2, -0.15) is 0 Å². The van der Waals surface area contributed by atoms with Crippen molar-refractivity contribution in [3.05, 3.63) is 39.2 Å². The molecule has 1 saturated heterocycles. The molecular formula is C13H17ClN6O4. The summed E-state index contributed by atoms with van der Waals surface area (Å²) in [6.45, 7) is 2.95. The summed E-state index contributed by atoms with van der Waals surface area (Å²) in [4.78, 5) is 29.7. The van der Waals surface area contributed by atoms with Crippen LogP contribution in [-0.4, -0.2) is 58.2 Å². The zero-order valence-corrected chi connectivity index (χ0v) is 13.8. The first-order valence-corrected chi connectivity index (χ1v) is 7.56. The fourth-order valence-electron chi connectivity index (χ4n) is 2.17. The van der Waals surface area contributed by atoms with Crippen molar-refractivity contribution in [2.24, 2.45) is 5.10 Å². The molecule has 0 radical (unpaired) electrons. The molecular weight excluding hydrogens is 340 g/mol. The number of guanidine groups is 1. The average Bonchev–Trinajstić information content (AvgIpc) is 2.52. The highest BCUT2D eigenvalue weighted by Gasteiger charge is 2.26. The van der Waals surface area contributed by atoms with Gasteiger partial charge >= 0.3 is 5.97 Å². The van der Waals surface area contributed by atoms with Crippen LogP contribution in [0.2, 0.25) is 5.15 Å². The van der Waals surface area contributed by atoms with Gasteiger partial charge in [-0.1, -0.05) is 17.7 Å². The van der Waals surface area contributed by atoms with E-state index in [1.807, 2.05) is 0 Å². The molecule has 1 N–H and O–H groups in total. The first kappa shape index (κ1) is 17.9.